The molecule has 1 aliphatic heterocycles. The van der Waals surface area contributed by atoms with E-state index < -0.39 is 12.1 Å². The van der Waals surface area contributed by atoms with E-state index in [1.54, 1.807) is 19.6 Å². The third kappa shape index (κ3) is 8.34. The molecule has 3 aliphatic rings. The lowest BCUT2D eigenvalue weighted by Crippen LogP contribution is -2.47. The van der Waals surface area contributed by atoms with Crippen LogP contribution in [0.3, 0.4) is 0 Å². The van der Waals surface area contributed by atoms with Gasteiger partial charge in [0.2, 0.25) is 6.41 Å². The number of amides is 2. The van der Waals surface area contributed by atoms with Gasteiger partial charge in [0.1, 0.15) is 0 Å². The Morgan fingerprint density at radius 3 is 2.54 bits per heavy atom. The lowest BCUT2D eigenvalue weighted by atomic mass is 9.83. The summed E-state index contributed by atoms with van der Waals surface area (Å²) in [6.07, 6.45) is 10.8. The van der Waals surface area contributed by atoms with Crippen LogP contribution >= 0.6 is 11.6 Å². The number of aromatic nitrogens is 3. The Morgan fingerprint density at radius 2 is 1.91 bits per heavy atom. The number of ether oxygens (including phenoxy) is 2. The summed E-state index contributed by atoms with van der Waals surface area (Å²) >= 11 is 6.63. The van der Waals surface area contributed by atoms with E-state index in [0.29, 0.717) is 37.1 Å². The summed E-state index contributed by atoms with van der Waals surface area (Å²) in [6.45, 7) is 9.24. The number of halogens is 1. The number of piperazine rings is 1. The zero-order valence-electron chi connectivity index (χ0n) is 27.4. The van der Waals surface area contributed by atoms with Gasteiger partial charge in [0, 0.05) is 51.6 Å². The topological polar surface area (TPSA) is 102 Å². The van der Waals surface area contributed by atoms with E-state index in [4.69, 9.17) is 26.1 Å². The van der Waals surface area contributed by atoms with Crippen LogP contribution in [-0.4, -0.2) is 82.3 Å². The van der Waals surface area contributed by atoms with Crippen molar-refractivity contribution in [3.8, 4) is 0 Å². The predicted molar refractivity (Wildman–Crippen MR) is 178 cm³/mol. The van der Waals surface area contributed by atoms with Gasteiger partial charge in [-0.1, -0.05) is 29.8 Å². The predicted octanol–water partition coefficient (Wildman–Crippen LogP) is 5.58. The van der Waals surface area contributed by atoms with E-state index in [1.165, 1.54) is 0 Å². The molecule has 46 heavy (non-hydrogen) atoms. The van der Waals surface area contributed by atoms with Crippen LogP contribution < -0.4 is 5.32 Å². The normalized spacial score (nSPS) is 20.0. The van der Waals surface area contributed by atoms with Crippen LogP contribution in [0.1, 0.15) is 73.8 Å². The number of hydrogen-bond donors (Lipinski definition) is 1. The highest BCUT2D eigenvalue weighted by Gasteiger charge is 2.35. The molecule has 2 unspecified atom stereocenters. The maximum absolute atomic E-state index is 13.1. The van der Waals surface area contributed by atoms with Crippen LogP contribution in [0.2, 0.25) is 5.02 Å². The minimum Gasteiger partial charge on any atom is -0.449 e. The van der Waals surface area contributed by atoms with Gasteiger partial charge in [-0.25, -0.2) is 9.78 Å². The number of methoxy groups -OCH3 is 1. The van der Waals surface area contributed by atoms with Crippen LogP contribution in [0, 0.1) is 5.92 Å². The number of alkyl carbamates (subject to hydrolysis) is 1. The van der Waals surface area contributed by atoms with Crippen LogP contribution in [-0.2, 0) is 27.7 Å². The Labute approximate surface area is 276 Å². The minimum atomic E-state index is -0.512. The van der Waals surface area contributed by atoms with E-state index in [-0.39, 0.29) is 11.6 Å². The van der Waals surface area contributed by atoms with Crippen LogP contribution in [0.4, 0.5) is 4.79 Å². The first kappa shape index (κ1) is 33.6. The Kier molecular flexibility index (Phi) is 10.8. The van der Waals surface area contributed by atoms with Crippen molar-refractivity contribution in [1.82, 2.24) is 29.7 Å². The fourth-order valence-corrected chi connectivity index (χ4v) is 5.87. The van der Waals surface area contributed by atoms with Crippen LogP contribution in [0.15, 0.2) is 55.1 Å². The highest BCUT2D eigenvalue weighted by molar-refractivity contribution is 6.30. The molecule has 0 radical (unpaired) electrons. The van der Waals surface area contributed by atoms with Crippen molar-refractivity contribution >= 4 is 29.7 Å². The van der Waals surface area contributed by atoms with Crippen molar-refractivity contribution < 1.29 is 19.1 Å². The number of imidazole rings is 1. The van der Waals surface area contributed by atoms with Crippen molar-refractivity contribution in [3.63, 3.8) is 0 Å². The smallest absolute Gasteiger partial charge is 0.407 e. The second-order valence-electron chi connectivity index (χ2n) is 13.1. The van der Waals surface area contributed by atoms with Gasteiger partial charge in [-0.15, -0.1) is 0 Å². The van der Waals surface area contributed by atoms with Gasteiger partial charge in [0.15, 0.2) is 0 Å². The quantitative estimate of drug-likeness (QED) is 0.334. The van der Waals surface area contributed by atoms with Gasteiger partial charge in [-0.3, -0.25) is 14.7 Å². The van der Waals surface area contributed by atoms with E-state index in [0.717, 1.165) is 66.0 Å². The van der Waals surface area contributed by atoms with Crippen molar-refractivity contribution in [2.24, 2.45) is 13.0 Å². The van der Waals surface area contributed by atoms with E-state index in [1.807, 2.05) is 61.7 Å². The molecule has 3 heterocycles. The number of pyridine rings is 1. The summed E-state index contributed by atoms with van der Waals surface area (Å²) in [5.41, 5.74) is 5.91. The molecule has 10 nitrogen and oxygen atoms in total. The Bertz CT molecular complexity index is 1540. The molecule has 2 aliphatic carbocycles. The average molecular weight is 649 g/mol. The third-order valence-electron chi connectivity index (χ3n) is 8.69. The number of carbonyl (C=O) groups excluding carboxylic acids is 2. The molecule has 2 fully saturated rings. The van der Waals surface area contributed by atoms with Gasteiger partial charge < -0.3 is 24.3 Å². The third-order valence-corrected chi connectivity index (χ3v) is 8.93. The van der Waals surface area contributed by atoms with Crippen molar-refractivity contribution in [1.29, 1.82) is 0 Å². The molecular weight excluding hydrogens is 604 g/mol. The number of carbonyl (C=O) groups is 2. The Morgan fingerprint density at radius 1 is 1.17 bits per heavy atom. The average Bonchev–Trinajstić information content (AvgIpc) is 3.78. The standard InChI is InChI=1S/C30H33ClN6O3.C5H12O/c1-35-18-32-16-26(35)28(34-30(39)40-17-20-4-5-20)23-8-6-21-3-2-10-33-27(21)29(24-9-7-22(31)15-25(23)24)37-13-11-36(19-38)12-14-37;1-5(2,3)6-4/h2-3,7-10,15-16,18-20,28-29H,4-6,11-14,17H2,1H3,(H,34,39);1-4H3/b23-8+;. The summed E-state index contributed by atoms with van der Waals surface area (Å²) in [7, 11) is 3.63. The number of allylic oxidation sites excluding steroid dienone is 1. The number of aryl methyl sites for hydroxylation is 1. The Hall–Kier alpha value is -3.73. The zero-order valence-corrected chi connectivity index (χ0v) is 28.2. The number of benzene rings is 1. The highest BCUT2D eigenvalue weighted by atomic mass is 35.5. The molecule has 2 aromatic heterocycles. The molecular formula is C35H45ClN6O4. The SMILES string of the molecule is COC(C)(C)C.Cn1cncc1C(NC(=O)OCC1CC1)/C1=C/Cc2cccnc2C(N2CCN(C=O)CC2)c2ccc(Cl)cc21. The van der Waals surface area contributed by atoms with Crippen molar-refractivity contribution in [2.45, 2.75) is 57.7 Å². The Balaban J connectivity index is 0.000000635. The molecule has 6 rings (SSSR count). The molecule has 1 saturated heterocycles. The van der Waals surface area contributed by atoms with Gasteiger partial charge in [0.05, 0.1) is 48.2 Å². The zero-order chi connectivity index (χ0) is 32.8. The maximum atomic E-state index is 13.1. The van der Waals surface area contributed by atoms with Gasteiger partial charge in [0.25, 0.3) is 0 Å². The van der Waals surface area contributed by atoms with Crippen LogP contribution in [0.5, 0.6) is 0 Å². The molecule has 2 amide bonds. The number of nitrogens with one attached hydrogen (secondary N) is 1. The van der Waals surface area contributed by atoms with Gasteiger partial charge in [-0.2, -0.15) is 0 Å². The largest absolute Gasteiger partial charge is 0.449 e. The molecule has 1 N–H and O–H groups in total. The van der Waals surface area contributed by atoms with Crippen LogP contribution in [0.25, 0.3) is 5.57 Å². The molecule has 0 spiro atoms. The molecule has 1 aromatic carbocycles. The number of nitrogens with zero attached hydrogens (tertiary/aromatic N) is 5. The summed E-state index contributed by atoms with van der Waals surface area (Å²) in [4.78, 5) is 37.9. The number of hydrogen-bond acceptors (Lipinski definition) is 7. The molecule has 2 atom stereocenters. The molecule has 246 valence electrons. The van der Waals surface area contributed by atoms with E-state index in [9.17, 15) is 9.59 Å². The first-order chi connectivity index (χ1) is 22.1. The fraction of sp³-hybridized carbons (Fsp3) is 0.486. The lowest BCUT2D eigenvalue weighted by Gasteiger charge is -2.40. The van der Waals surface area contributed by atoms with E-state index in [2.05, 4.69) is 33.4 Å². The first-order valence-electron chi connectivity index (χ1n) is 15.9. The molecule has 0 bridgehead atoms. The summed E-state index contributed by atoms with van der Waals surface area (Å²) in [5.74, 6) is 0.463. The second-order valence-corrected chi connectivity index (χ2v) is 13.5. The van der Waals surface area contributed by atoms with E-state index >= 15 is 0 Å². The van der Waals surface area contributed by atoms with Crippen molar-refractivity contribution in [3.05, 3.63) is 88.2 Å². The molecule has 11 heteroatoms. The summed E-state index contributed by atoms with van der Waals surface area (Å²) in [6, 6.07) is 9.38. The summed E-state index contributed by atoms with van der Waals surface area (Å²) < 4.78 is 12.5. The lowest BCUT2D eigenvalue weighted by molar-refractivity contribution is -0.119. The fourth-order valence-electron chi connectivity index (χ4n) is 5.70. The maximum Gasteiger partial charge on any atom is 0.407 e. The van der Waals surface area contributed by atoms with Gasteiger partial charge in [-0.05, 0) is 86.4 Å². The highest BCUT2D eigenvalue weighted by Crippen LogP contribution is 2.42. The minimum absolute atomic E-state index is 0.0417. The molecule has 3 aromatic rings. The summed E-state index contributed by atoms with van der Waals surface area (Å²) in [5, 5.41) is 3.75. The second kappa shape index (κ2) is 14.8. The number of rotatable bonds is 7. The van der Waals surface area contributed by atoms with Gasteiger partial charge >= 0.3 is 6.09 Å². The number of fused-ring (bicyclic) bond motifs is 2. The monoisotopic (exact) mass is 648 g/mol. The van der Waals surface area contributed by atoms with Crippen molar-refractivity contribution in [2.75, 3.05) is 39.9 Å². The first-order valence-corrected chi connectivity index (χ1v) is 16.3. The molecule has 1 saturated carbocycles.